The molecule has 0 saturated carbocycles. The third-order valence-corrected chi connectivity index (χ3v) is 3.19. The van der Waals surface area contributed by atoms with Gasteiger partial charge in [0.05, 0.1) is 12.6 Å². The van der Waals surface area contributed by atoms with Gasteiger partial charge in [0.2, 0.25) is 11.8 Å². The van der Waals surface area contributed by atoms with Gasteiger partial charge in [-0.1, -0.05) is 13.8 Å². The molecule has 1 aliphatic heterocycles. The minimum Gasteiger partial charge on any atom is -0.355 e. The van der Waals surface area contributed by atoms with Crippen LogP contribution in [0.25, 0.3) is 0 Å². The number of amides is 2. The van der Waals surface area contributed by atoms with Crippen LogP contribution in [0.15, 0.2) is 0 Å². The fourth-order valence-electron chi connectivity index (χ4n) is 2.13. The molecule has 0 aromatic carbocycles. The van der Waals surface area contributed by atoms with E-state index in [-0.39, 0.29) is 30.1 Å². The molecule has 1 rings (SSSR count). The first-order valence-electron chi connectivity index (χ1n) is 6.69. The Morgan fingerprint density at radius 2 is 2.05 bits per heavy atom. The number of Topliss-reactive ketones (excluding diaryl/α,β-unsaturated/α-hetero) is 1. The molecule has 1 atom stereocenters. The molecule has 0 aliphatic carbocycles. The summed E-state index contributed by atoms with van der Waals surface area (Å²) in [5, 5.41) is 5.52. The smallest absolute Gasteiger partial charge is 0.234 e. The Morgan fingerprint density at radius 3 is 2.63 bits per heavy atom. The van der Waals surface area contributed by atoms with E-state index in [2.05, 4.69) is 10.6 Å². The fraction of sp³-hybridized carbons (Fsp3) is 0.769. The minimum absolute atomic E-state index is 0.0201. The Kier molecular flexibility index (Phi) is 5.95. The van der Waals surface area contributed by atoms with Gasteiger partial charge in [0.25, 0.3) is 0 Å². The van der Waals surface area contributed by atoms with E-state index in [0.29, 0.717) is 26.1 Å². The third kappa shape index (κ3) is 5.38. The van der Waals surface area contributed by atoms with E-state index >= 15 is 0 Å². The van der Waals surface area contributed by atoms with Crippen LogP contribution in [0.1, 0.15) is 27.2 Å². The van der Waals surface area contributed by atoms with Crippen molar-refractivity contribution >= 4 is 17.6 Å². The van der Waals surface area contributed by atoms with Crippen LogP contribution in [0.4, 0.5) is 0 Å². The SMILES string of the molecule is CC(=O)C(NC(=O)CN1CCNC(=O)CC1)C(C)C. The Labute approximate surface area is 113 Å². The molecule has 0 aromatic rings. The normalized spacial score (nSPS) is 18.6. The van der Waals surface area contributed by atoms with Crippen molar-refractivity contribution in [2.45, 2.75) is 33.2 Å². The van der Waals surface area contributed by atoms with Gasteiger partial charge >= 0.3 is 0 Å². The number of rotatable bonds is 5. The predicted molar refractivity (Wildman–Crippen MR) is 71.5 cm³/mol. The van der Waals surface area contributed by atoms with Crippen molar-refractivity contribution in [3.05, 3.63) is 0 Å². The van der Waals surface area contributed by atoms with Crippen molar-refractivity contribution in [3.63, 3.8) is 0 Å². The summed E-state index contributed by atoms with van der Waals surface area (Å²) in [6, 6.07) is -0.431. The number of hydrogen-bond acceptors (Lipinski definition) is 4. The fourth-order valence-corrected chi connectivity index (χ4v) is 2.13. The van der Waals surface area contributed by atoms with E-state index in [1.165, 1.54) is 6.92 Å². The first-order valence-corrected chi connectivity index (χ1v) is 6.69. The maximum Gasteiger partial charge on any atom is 0.234 e. The van der Waals surface area contributed by atoms with Crippen LogP contribution in [-0.4, -0.2) is 54.7 Å². The van der Waals surface area contributed by atoms with Crippen LogP contribution >= 0.6 is 0 Å². The monoisotopic (exact) mass is 269 g/mol. The Bertz CT molecular complexity index is 355. The molecule has 0 spiro atoms. The molecular formula is C13H23N3O3. The third-order valence-electron chi connectivity index (χ3n) is 3.19. The van der Waals surface area contributed by atoms with E-state index in [0.717, 1.165) is 0 Å². The Hall–Kier alpha value is -1.43. The molecule has 2 N–H and O–H groups in total. The van der Waals surface area contributed by atoms with Gasteiger partial charge in [-0.3, -0.25) is 19.3 Å². The summed E-state index contributed by atoms with van der Waals surface area (Å²) in [7, 11) is 0. The number of carbonyl (C=O) groups excluding carboxylic acids is 3. The van der Waals surface area contributed by atoms with Crippen molar-refractivity contribution < 1.29 is 14.4 Å². The lowest BCUT2D eigenvalue weighted by molar-refractivity contribution is -0.128. The lowest BCUT2D eigenvalue weighted by Crippen LogP contribution is -2.47. The molecule has 0 radical (unpaired) electrons. The summed E-state index contributed by atoms with van der Waals surface area (Å²) in [6.45, 7) is 7.32. The largest absolute Gasteiger partial charge is 0.355 e. The van der Waals surface area contributed by atoms with Gasteiger partial charge in [-0.25, -0.2) is 0 Å². The first kappa shape index (κ1) is 15.6. The lowest BCUT2D eigenvalue weighted by Gasteiger charge is -2.23. The van der Waals surface area contributed by atoms with Crippen molar-refractivity contribution in [2.75, 3.05) is 26.2 Å². The molecule has 0 aromatic heterocycles. The number of carbonyl (C=O) groups is 3. The molecule has 0 bridgehead atoms. The van der Waals surface area contributed by atoms with E-state index < -0.39 is 6.04 Å². The summed E-state index contributed by atoms with van der Waals surface area (Å²) in [5.74, 6) is -0.0974. The van der Waals surface area contributed by atoms with Crippen molar-refractivity contribution in [1.82, 2.24) is 15.5 Å². The highest BCUT2D eigenvalue weighted by Crippen LogP contribution is 2.03. The van der Waals surface area contributed by atoms with Gasteiger partial charge < -0.3 is 10.6 Å². The molecule has 19 heavy (non-hydrogen) atoms. The molecule has 2 amide bonds. The summed E-state index contributed by atoms with van der Waals surface area (Å²) in [4.78, 5) is 36.5. The second kappa shape index (κ2) is 7.23. The second-order valence-electron chi connectivity index (χ2n) is 5.28. The van der Waals surface area contributed by atoms with Gasteiger partial charge in [0.1, 0.15) is 0 Å². The Morgan fingerprint density at radius 1 is 1.37 bits per heavy atom. The molecule has 1 saturated heterocycles. The standard InChI is InChI=1S/C13H23N3O3/c1-9(2)13(10(3)17)15-12(19)8-16-6-4-11(18)14-5-7-16/h9,13H,4-8H2,1-3H3,(H,14,18)(H,15,19). The second-order valence-corrected chi connectivity index (χ2v) is 5.28. The van der Waals surface area contributed by atoms with Crippen LogP contribution < -0.4 is 10.6 Å². The number of ketones is 1. The summed E-state index contributed by atoms with van der Waals surface area (Å²) >= 11 is 0. The summed E-state index contributed by atoms with van der Waals surface area (Å²) < 4.78 is 0. The number of nitrogens with one attached hydrogen (secondary N) is 2. The summed E-state index contributed by atoms with van der Waals surface area (Å²) in [6.07, 6.45) is 0.410. The quantitative estimate of drug-likeness (QED) is 0.708. The van der Waals surface area contributed by atoms with E-state index in [1.807, 2.05) is 18.7 Å². The van der Waals surface area contributed by atoms with Crippen molar-refractivity contribution in [3.8, 4) is 0 Å². The number of hydrogen-bond donors (Lipinski definition) is 2. The van der Waals surface area contributed by atoms with Gasteiger partial charge in [-0.05, 0) is 12.8 Å². The topological polar surface area (TPSA) is 78.5 Å². The van der Waals surface area contributed by atoms with Gasteiger partial charge in [0, 0.05) is 26.1 Å². The maximum absolute atomic E-state index is 11.9. The van der Waals surface area contributed by atoms with Gasteiger partial charge in [0.15, 0.2) is 5.78 Å². The highest BCUT2D eigenvalue weighted by atomic mass is 16.2. The van der Waals surface area contributed by atoms with Crippen LogP contribution in [-0.2, 0) is 14.4 Å². The van der Waals surface area contributed by atoms with Crippen LogP contribution in [0.3, 0.4) is 0 Å². The number of nitrogens with zero attached hydrogens (tertiary/aromatic N) is 1. The molecule has 6 nitrogen and oxygen atoms in total. The molecule has 108 valence electrons. The average molecular weight is 269 g/mol. The molecule has 6 heteroatoms. The highest BCUT2D eigenvalue weighted by molar-refractivity contribution is 5.88. The lowest BCUT2D eigenvalue weighted by atomic mass is 10.0. The Balaban J connectivity index is 2.45. The van der Waals surface area contributed by atoms with Crippen LogP contribution in [0.5, 0.6) is 0 Å². The molecule has 1 heterocycles. The van der Waals surface area contributed by atoms with Crippen LogP contribution in [0, 0.1) is 5.92 Å². The minimum atomic E-state index is -0.431. The summed E-state index contributed by atoms with van der Waals surface area (Å²) in [5.41, 5.74) is 0. The van der Waals surface area contributed by atoms with Crippen LogP contribution in [0.2, 0.25) is 0 Å². The van der Waals surface area contributed by atoms with Gasteiger partial charge in [-0.15, -0.1) is 0 Å². The molecular weight excluding hydrogens is 246 g/mol. The molecule has 1 fully saturated rings. The zero-order chi connectivity index (χ0) is 14.4. The predicted octanol–water partition coefficient (Wildman–Crippen LogP) is -0.462. The highest BCUT2D eigenvalue weighted by Gasteiger charge is 2.22. The molecule has 1 unspecified atom stereocenters. The zero-order valence-electron chi connectivity index (χ0n) is 11.9. The van der Waals surface area contributed by atoms with E-state index in [1.54, 1.807) is 0 Å². The van der Waals surface area contributed by atoms with E-state index in [9.17, 15) is 14.4 Å². The first-order chi connectivity index (χ1) is 8.90. The molecule has 1 aliphatic rings. The zero-order valence-corrected chi connectivity index (χ0v) is 11.9. The maximum atomic E-state index is 11.9. The van der Waals surface area contributed by atoms with E-state index in [4.69, 9.17) is 0 Å². The van der Waals surface area contributed by atoms with Gasteiger partial charge in [-0.2, -0.15) is 0 Å². The van der Waals surface area contributed by atoms with Crippen molar-refractivity contribution in [2.24, 2.45) is 5.92 Å². The van der Waals surface area contributed by atoms with Crippen molar-refractivity contribution in [1.29, 1.82) is 0 Å². The average Bonchev–Trinajstić information content (AvgIpc) is 2.50.